The molecule has 1 atom stereocenters. The van der Waals surface area contributed by atoms with Crippen LogP contribution in [0.2, 0.25) is 5.02 Å². The first-order chi connectivity index (χ1) is 8.61. The normalized spacial score (nSPS) is 12.4. The highest BCUT2D eigenvalue weighted by atomic mass is 79.9. The summed E-state index contributed by atoms with van der Waals surface area (Å²) in [6, 6.07) is 7.39. The molecule has 0 amide bonds. The molecule has 0 aliphatic heterocycles. The Morgan fingerprint density at radius 2 is 2.06 bits per heavy atom. The average molecular weight is 394 g/mol. The van der Waals surface area contributed by atoms with Gasteiger partial charge in [-0.3, -0.25) is 0 Å². The minimum Gasteiger partial charge on any atom is -0.466 e. The van der Waals surface area contributed by atoms with Crippen LogP contribution in [-0.2, 0) is 0 Å². The van der Waals surface area contributed by atoms with E-state index in [0.29, 0.717) is 11.6 Å². The van der Waals surface area contributed by atoms with Crippen LogP contribution < -0.4 is 11.1 Å². The highest BCUT2D eigenvalue weighted by molar-refractivity contribution is 9.10. The molecule has 2 aromatic rings. The Kier molecular flexibility index (Phi) is 4.72. The lowest BCUT2D eigenvalue weighted by atomic mass is 10.2. The molecule has 1 aromatic carbocycles. The lowest BCUT2D eigenvalue weighted by Gasteiger charge is -2.17. The van der Waals surface area contributed by atoms with Crippen molar-refractivity contribution in [3.05, 3.63) is 50.3 Å². The zero-order valence-corrected chi connectivity index (χ0v) is 13.2. The second-order valence-corrected chi connectivity index (χ2v) is 5.81. The van der Waals surface area contributed by atoms with Gasteiger partial charge in [-0.25, -0.2) is 0 Å². The predicted molar refractivity (Wildman–Crippen MR) is 81.0 cm³/mol. The quantitative estimate of drug-likeness (QED) is 0.799. The maximum absolute atomic E-state index is 6.05. The monoisotopic (exact) mass is 392 g/mol. The first-order valence-corrected chi connectivity index (χ1v) is 7.22. The minimum atomic E-state index is -0.105. The number of nitrogens with one attached hydrogen (secondary N) is 1. The Morgan fingerprint density at radius 1 is 1.28 bits per heavy atom. The third-order valence-electron chi connectivity index (χ3n) is 2.46. The van der Waals surface area contributed by atoms with Gasteiger partial charge >= 0.3 is 0 Å². The van der Waals surface area contributed by atoms with E-state index in [9.17, 15) is 0 Å². The van der Waals surface area contributed by atoms with E-state index in [1.807, 2.05) is 24.3 Å². The molecule has 0 aliphatic rings. The molecule has 18 heavy (non-hydrogen) atoms. The second-order valence-electron chi connectivity index (χ2n) is 3.69. The highest BCUT2D eigenvalue weighted by Gasteiger charge is 2.16. The fourth-order valence-corrected chi connectivity index (χ4v) is 2.48. The van der Waals surface area contributed by atoms with E-state index in [2.05, 4.69) is 37.2 Å². The summed E-state index contributed by atoms with van der Waals surface area (Å²) in [7, 11) is 0. The molecule has 0 fully saturated rings. The van der Waals surface area contributed by atoms with Crippen LogP contribution in [0.15, 0.2) is 43.9 Å². The zero-order valence-electron chi connectivity index (χ0n) is 9.29. The number of anilines is 1. The van der Waals surface area contributed by atoms with Crippen LogP contribution >= 0.6 is 43.5 Å². The van der Waals surface area contributed by atoms with Crippen molar-refractivity contribution in [3.8, 4) is 0 Å². The molecular weight excluding hydrogens is 383 g/mol. The Balaban J connectivity index is 2.20. The fourth-order valence-electron chi connectivity index (χ4n) is 1.57. The van der Waals surface area contributed by atoms with Crippen molar-refractivity contribution in [2.45, 2.75) is 6.04 Å². The summed E-state index contributed by atoms with van der Waals surface area (Å²) in [6.45, 7) is 0.416. The molecule has 0 spiro atoms. The molecule has 6 heteroatoms. The van der Waals surface area contributed by atoms with Gasteiger partial charge in [-0.15, -0.1) is 0 Å². The van der Waals surface area contributed by atoms with Crippen LogP contribution in [0.1, 0.15) is 11.8 Å². The maximum Gasteiger partial charge on any atom is 0.141 e. The molecule has 1 unspecified atom stereocenters. The highest BCUT2D eigenvalue weighted by Crippen LogP contribution is 2.30. The van der Waals surface area contributed by atoms with E-state index in [1.54, 1.807) is 6.26 Å². The zero-order chi connectivity index (χ0) is 13.1. The van der Waals surface area contributed by atoms with Gasteiger partial charge in [-0.05, 0) is 56.1 Å². The van der Waals surface area contributed by atoms with E-state index < -0.39 is 0 Å². The summed E-state index contributed by atoms with van der Waals surface area (Å²) in [5.41, 5.74) is 6.65. The van der Waals surface area contributed by atoms with E-state index in [1.165, 1.54) is 0 Å². The predicted octanol–water partition coefficient (Wildman–Crippen LogP) is 4.57. The van der Waals surface area contributed by atoms with E-state index in [0.717, 1.165) is 20.4 Å². The van der Waals surface area contributed by atoms with Crippen LogP contribution in [0.5, 0.6) is 0 Å². The third kappa shape index (κ3) is 3.09. The number of furan rings is 1. The number of nitrogens with two attached hydrogens (primary N) is 1. The number of benzene rings is 1. The van der Waals surface area contributed by atoms with Crippen molar-refractivity contribution in [2.75, 3.05) is 11.9 Å². The summed E-state index contributed by atoms with van der Waals surface area (Å²) in [5.74, 6) is 0.775. The number of hydrogen-bond donors (Lipinski definition) is 2. The molecule has 0 saturated heterocycles. The molecule has 3 N–H and O–H groups in total. The van der Waals surface area contributed by atoms with Crippen molar-refractivity contribution in [1.82, 2.24) is 0 Å². The summed E-state index contributed by atoms with van der Waals surface area (Å²) >= 11 is 12.8. The summed E-state index contributed by atoms with van der Waals surface area (Å²) in [5, 5.41) is 3.93. The molecule has 1 heterocycles. The molecule has 3 nitrogen and oxygen atoms in total. The van der Waals surface area contributed by atoms with Gasteiger partial charge in [0.2, 0.25) is 0 Å². The molecule has 0 bridgehead atoms. The Bertz CT molecular complexity index is 545. The number of halogens is 3. The number of rotatable bonds is 4. The van der Waals surface area contributed by atoms with Crippen molar-refractivity contribution < 1.29 is 4.42 Å². The lowest BCUT2D eigenvalue weighted by Crippen LogP contribution is -2.20. The van der Waals surface area contributed by atoms with Gasteiger partial charge in [0.15, 0.2) is 0 Å². The second kappa shape index (κ2) is 6.10. The van der Waals surface area contributed by atoms with Gasteiger partial charge in [0, 0.05) is 16.7 Å². The van der Waals surface area contributed by atoms with Gasteiger partial charge < -0.3 is 15.5 Å². The average Bonchev–Trinajstić information content (AvgIpc) is 2.77. The Morgan fingerprint density at radius 3 is 2.61 bits per heavy atom. The van der Waals surface area contributed by atoms with Crippen LogP contribution in [0.3, 0.4) is 0 Å². The molecule has 0 saturated carbocycles. The SMILES string of the molecule is NCC(Nc1ccc(Br)c(Cl)c1)c1occc1Br. The van der Waals surface area contributed by atoms with E-state index >= 15 is 0 Å². The summed E-state index contributed by atoms with van der Waals surface area (Å²) in [6.07, 6.45) is 1.62. The molecule has 0 radical (unpaired) electrons. The Labute approximate surface area is 127 Å². The fraction of sp³-hybridized carbons (Fsp3) is 0.167. The van der Waals surface area contributed by atoms with Gasteiger partial charge in [0.05, 0.1) is 21.8 Å². The van der Waals surface area contributed by atoms with Crippen molar-refractivity contribution in [3.63, 3.8) is 0 Å². The minimum absolute atomic E-state index is 0.105. The number of hydrogen-bond acceptors (Lipinski definition) is 3. The molecule has 0 aliphatic carbocycles. The molecule has 96 valence electrons. The van der Waals surface area contributed by atoms with E-state index in [-0.39, 0.29) is 6.04 Å². The van der Waals surface area contributed by atoms with Crippen LogP contribution in [0, 0.1) is 0 Å². The van der Waals surface area contributed by atoms with Crippen molar-refractivity contribution in [2.24, 2.45) is 5.73 Å². The smallest absolute Gasteiger partial charge is 0.141 e. The van der Waals surface area contributed by atoms with Crippen molar-refractivity contribution >= 4 is 49.1 Å². The standard InChI is InChI=1S/C12H11Br2ClN2O/c13-8-2-1-7(5-10(8)15)17-11(6-16)12-9(14)3-4-18-12/h1-5,11,17H,6,16H2. The lowest BCUT2D eigenvalue weighted by molar-refractivity contribution is 0.479. The summed E-state index contributed by atoms with van der Waals surface area (Å²) < 4.78 is 7.17. The van der Waals surface area contributed by atoms with Crippen LogP contribution in [0.4, 0.5) is 5.69 Å². The topological polar surface area (TPSA) is 51.2 Å². The van der Waals surface area contributed by atoms with Crippen LogP contribution in [-0.4, -0.2) is 6.54 Å². The van der Waals surface area contributed by atoms with E-state index in [4.69, 9.17) is 21.8 Å². The Hall–Kier alpha value is -0.490. The van der Waals surface area contributed by atoms with Gasteiger partial charge in [0.25, 0.3) is 0 Å². The third-order valence-corrected chi connectivity index (χ3v) is 4.35. The molecule has 2 rings (SSSR count). The first kappa shape index (κ1) is 13.9. The molecular formula is C12H11Br2ClN2O. The first-order valence-electron chi connectivity index (χ1n) is 5.26. The van der Waals surface area contributed by atoms with Gasteiger partial charge in [0.1, 0.15) is 5.76 Å². The van der Waals surface area contributed by atoms with Crippen molar-refractivity contribution in [1.29, 1.82) is 0 Å². The van der Waals surface area contributed by atoms with Gasteiger partial charge in [-0.1, -0.05) is 11.6 Å². The summed E-state index contributed by atoms with van der Waals surface area (Å²) in [4.78, 5) is 0. The van der Waals surface area contributed by atoms with Crippen LogP contribution in [0.25, 0.3) is 0 Å². The maximum atomic E-state index is 6.05. The molecule has 1 aromatic heterocycles. The largest absolute Gasteiger partial charge is 0.466 e. The van der Waals surface area contributed by atoms with Gasteiger partial charge in [-0.2, -0.15) is 0 Å².